The van der Waals surface area contributed by atoms with Crippen molar-refractivity contribution in [2.75, 3.05) is 5.32 Å². The van der Waals surface area contributed by atoms with Gasteiger partial charge >= 0.3 is 0 Å². The van der Waals surface area contributed by atoms with Gasteiger partial charge < -0.3 is 11.1 Å². The Morgan fingerprint density at radius 2 is 1.76 bits per heavy atom. The number of nitrogens with one attached hydrogen (secondary N) is 1. The number of anilines is 1. The van der Waals surface area contributed by atoms with Crippen LogP contribution in [0.5, 0.6) is 0 Å². The van der Waals surface area contributed by atoms with Gasteiger partial charge in [0.25, 0.3) is 0 Å². The second-order valence-electron chi connectivity index (χ2n) is 6.23. The summed E-state index contributed by atoms with van der Waals surface area (Å²) in [5.74, 6) is 0.0473. The van der Waals surface area contributed by atoms with E-state index in [4.69, 9.17) is 5.73 Å². The van der Waals surface area contributed by atoms with Crippen LogP contribution in [0, 0.1) is 6.92 Å². The summed E-state index contributed by atoms with van der Waals surface area (Å²) < 4.78 is 0. The molecular weight excluding hydrogens is 260 g/mol. The first kappa shape index (κ1) is 13.8. The predicted octanol–water partition coefficient (Wildman–Crippen LogP) is 3.27. The number of nitrogens with two attached hydrogens (primary N) is 1. The van der Waals surface area contributed by atoms with Gasteiger partial charge in [0, 0.05) is 5.69 Å². The Bertz CT molecular complexity index is 705. The van der Waals surface area contributed by atoms with E-state index in [9.17, 15) is 4.79 Å². The summed E-state index contributed by atoms with van der Waals surface area (Å²) >= 11 is 0. The van der Waals surface area contributed by atoms with Crippen molar-refractivity contribution in [3.05, 3.63) is 64.7 Å². The molecule has 108 valence electrons. The van der Waals surface area contributed by atoms with E-state index >= 15 is 0 Å². The number of benzene rings is 2. The van der Waals surface area contributed by atoms with Crippen molar-refractivity contribution in [2.45, 2.75) is 32.2 Å². The Morgan fingerprint density at radius 3 is 2.43 bits per heavy atom. The topological polar surface area (TPSA) is 55.1 Å². The third kappa shape index (κ3) is 2.14. The zero-order valence-corrected chi connectivity index (χ0v) is 12.6. The highest BCUT2D eigenvalue weighted by atomic mass is 16.2. The third-order valence-corrected chi connectivity index (χ3v) is 4.36. The number of amides is 1. The number of carbonyl (C=O) groups excluding carboxylic acids is 1. The smallest absolute Gasteiger partial charge is 0.234 e. The van der Waals surface area contributed by atoms with Crippen LogP contribution in [0.15, 0.2) is 42.5 Å². The van der Waals surface area contributed by atoms with Crippen LogP contribution in [0.25, 0.3) is 0 Å². The van der Waals surface area contributed by atoms with Crippen LogP contribution in [0.2, 0.25) is 0 Å². The molecule has 0 fully saturated rings. The van der Waals surface area contributed by atoms with Gasteiger partial charge in [-0.15, -0.1) is 0 Å². The molecule has 1 aliphatic rings. The van der Waals surface area contributed by atoms with Gasteiger partial charge in [0.15, 0.2) is 0 Å². The first-order chi connectivity index (χ1) is 9.91. The minimum Gasteiger partial charge on any atom is -0.325 e. The predicted molar refractivity (Wildman–Crippen MR) is 85.3 cm³/mol. The van der Waals surface area contributed by atoms with E-state index in [1.165, 1.54) is 0 Å². The van der Waals surface area contributed by atoms with Crippen LogP contribution < -0.4 is 11.1 Å². The maximum absolute atomic E-state index is 12.1. The summed E-state index contributed by atoms with van der Waals surface area (Å²) in [6.07, 6.45) is 0. The maximum Gasteiger partial charge on any atom is 0.234 e. The average molecular weight is 280 g/mol. The van der Waals surface area contributed by atoms with Gasteiger partial charge in [-0.2, -0.15) is 0 Å². The van der Waals surface area contributed by atoms with Crippen molar-refractivity contribution in [3.63, 3.8) is 0 Å². The molecule has 3 nitrogen and oxygen atoms in total. The summed E-state index contributed by atoms with van der Waals surface area (Å²) in [5, 5.41) is 2.98. The largest absolute Gasteiger partial charge is 0.325 e. The van der Waals surface area contributed by atoms with E-state index in [-0.39, 0.29) is 11.9 Å². The number of carbonyl (C=O) groups is 1. The maximum atomic E-state index is 12.1. The number of aryl methyl sites for hydroxylation is 1. The molecule has 1 aliphatic heterocycles. The van der Waals surface area contributed by atoms with Crippen molar-refractivity contribution < 1.29 is 4.79 Å². The number of fused-ring (bicyclic) bond motifs is 1. The molecule has 0 saturated heterocycles. The lowest BCUT2D eigenvalue weighted by molar-refractivity contribution is -0.119. The highest BCUT2D eigenvalue weighted by Gasteiger charge is 2.39. The fourth-order valence-electron chi connectivity index (χ4n) is 2.90. The van der Waals surface area contributed by atoms with Crippen molar-refractivity contribution in [1.82, 2.24) is 0 Å². The van der Waals surface area contributed by atoms with E-state index in [2.05, 4.69) is 17.4 Å². The van der Waals surface area contributed by atoms with Crippen molar-refractivity contribution in [2.24, 2.45) is 5.73 Å². The van der Waals surface area contributed by atoms with E-state index in [1.54, 1.807) is 0 Å². The highest BCUT2D eigenvalue weighted by molar-refractivity contribution is 6.06. The van der Waals surface area contributed by atoms with Gasteiger partial charge in [-0.05, 0) is 43.0 Å². The van der Waals surface area contributed by atoms with Crippen molar-refractivity contribution >= 4 is 11.6 Å². The lowest BCUT2D eigenvalue weighted by Gasteiger charge is -2.19. The van der Waals surface area contributed by atoms with E-state index in [0.717, 1.165) is 27.9 Å². The second-order valence-corrected chi connectivity index (χ2v) is 6.23. The Hall–Kier alpha value is -2.13. The van der Waals surface area contributed by atoms with Crippen LogP contribution in [0.4, 0.5) is 5.69 Å². The monoisotopic (exact) mass is 280 g/mol. The second kappa shape index (κ2) is 4.71. The average Bonchev–Trinajstić information content (AvgIpc) is 2.71. The molecule has 0 saturated carbocycles. The molecule has 0 radical (unpaired) electrons. The zero-order chi connectivity index (χ0) is 15.2. The van der Waals surface area contributed by atoms with E-state index in [0.29, 0.717) is 0 Å². The summed E-state index contributed by atoms with van der Waals surface area (Å²) in [4.78, 5) is 12.1. The van der Waals surface area contributed by atoms with Crippen LogP contribution >= 0.6 is 0 Å². The fraction of sp³-hybridized carbons (Fsp3) is 0.278. The molecule has 2 aromatic carbocycles. The summed E-state index contributed by atoms with van der Waals surface area (Å²) in [7, 11) is 0. The molecule has 1 amide bonds. The van der Waals surface area contributed by atoms with Gasteiger partial charge in [-0.25, -0.2) is 0 Å². The number of rotatable bonds is 2. The Morgan fingerprint density at radius 1 is 1.10 bits per heavy atom. The van der Waals surface area contributed by atoms with Crippen molar-refractivity contribution in [3.8, 4) is 0 Å². The molecule has 1 atom stereocenters. The van der Waals surface area contributed by atoms with Gasteiger partial charge in [0.1, 0.15) is 0 Å². The molecule has 2 aromatic rings. The van der Waals surface area contributed by atoms with Gasteiger partial charge in [-0.1, -0.05) is 42.5 Å². The normalized spacial score (nSPS) is 17.2. The molecule has 21 heavy (non-hydrogen) atoms. The molecule has 3 rings (SSSR count). The molecule has 0 aromatic heterocycles. The van der Waals surface area contributed by atoms with Gasteiger partial charge in [0.2, 0.25) is 5.91 Å². The highest BCUT2D eigenvalue weighted by Crippen LogP contribution is 2.41. The SMILES string of the molecule is Cc1cc(C(N)c2ccccc2)cc2c1NC(=O)C2(C)C. The fourth-order valence-corrected chi connectivity index (χ4v) is 2.90. The van der Waals surface area contributed by atoms with E-state index < -0.39 is 5.41 Å². The Labute approximate surface area is 125 Å². The quantitative estimate of drug-likeness (QED) is 0.887. The zero-order valence-electron chi connectivity index (χ0n) is 12.6. The molecule has 1 heterocycles. The van der Waals surface area contributed by atoms with Crippen LogP contribution in [0.3, 0.4) is 0 Å². The van der Waals surface area contributed by atoms with Gasteiger partial charge in [-0.3, -0.25) is 4.79 Å². The Kier molecular flexibility index (Phi) is 3.10. The van der Waals surface area contributed by atoms with Crippen molar-refractivity contribution in [1.29, 1.82) is 0 Å². The van der Waals surface area contributed by atoms with Crippen LogP contribution in [-0.2, 0) is 10.2 Å². The lowest BCUT2D eigenvalue weighted by Crippen LogP contribution is -2.27. The molecule has 0 bridgehead atoms. The molecule has 0 spiro atoms. The summed E-state index contributed by atoms with van der Waals surface area (Å²) in [6.45, 7) is 5.92. The summed E-state index contributed by atoms with van der Waals surface area (Å²) in [5.41, 5.74) is 11.0. The van der Waals surface area contributed by atoms with Crippen LogP contribution in [-0.4, -0.2) is 5.91 Å². The number of hydrogen-bond donors (Lipinski definition) is 2. The first-order valence-electron chi connectivity index (χ1n) is 7.18. The minimum absolute atomic E-state index is 0.0473. The minimum atomic E-state index is -0.507. The standard InChI is InChI=1S/C18H20N2O/c1-11-9-13(15(19)12-7-5-4-6-8-12)10-14-16(11)20-17(21)18(14,2)3/h4-10,15H,19H2,1-3H3,(H,20,21). The molecule has 0 aliphatic carbocycles. The third-order valence-electron chi connectivity index (χ3n) is 4.36. The summed E-state index contributed by atoms with van der Waals surface area (Å²) in [6, 6.07) is 14.0. The molecular formula is C18H20N2O. The van der Waals surface area contributed by atoms with Crippen LogP contribution in [0.1, 0.15) is 42.1 Å². The lowest BCUT2D eigenvalue weighted by atomic mass is 9.83. The first-order valence-corrected chi connectivity index (χ1v) is 7.18. The molecule has 3 N–H and O–H groups in total. The molecule has 3 heteroatoms. The Balaban J connectivity index is 2.10. The number of hydrogen-bond acceptors (Lipinski definition) is 2. The van der Waals surface area contributed by atoms with Gasteiger partial charge in [0.05, 0.1) is 11.5 Å². The van der Waals surface area contributed by atoms with E-state index in [1.807, 2.05) is 51.1 Å². The molecule has 1 unspecified atom stereocenters.